The molecular formula is C15H14N2O3S. The molecule has 1 aliphatic rings. The van der Waals surface area contributed by atoms with Crippen molar-refractivity contribution in [1.82, 2.24) is 4.98 Å². The van der Waals surface area contributed by atoms with Crippen LogP contribution in [0.25, 0.3) is 11.3 Å². The summed E-state index contributed by atoms with van der Waals surface area (Å²) in [4.78, 5) is 27.0. The van der Waals surface area contributed by atoms with Crippen LogP contribution in [0.5, 0.6) is 0 Å². The molecule has 1 aromatic heterocycles. The molecule has 1 aliphatic carbocycles. The Bertz CT molecular complexity index is 693. The van der Waals surface area contributed by atoms with Crippen LogP contribution >= 0.6 is 11.3 Å². The van der Waals surface area contributed by atoms with E-state index >= 15 is 0 Å². The van der Waals surface area contributed by atoms with Gasteiger partial charge in [0.2, 0.25) is 5.91 Å². The first-order valence-electron chi connectivity index (χ1n) is 6.61. The third kappa shape index (κ3) is 2.95. The maximum atomic E-state index is 11.9. The first-order chi connectivity index (χ1) is 10.0. The summed E-state index contributed by atoms with van der Waals surface area (Å²) in [6.07, 6.45) is 0.428. The quantitative estimate of drug-likeness (QED) is 0.910. The molecule has 2 aromatic rings. The number of aryl methyl sites for hydroxylation is 1. The van der Waals surface area contributed by atoms with Crippen LogP contribution in [0, 0.1) is 18.8 Å². The molecule has 6 heteroatoms. The Morgan fingerprint density at radius 2 is 2.00 bits per heavy atom. The largest absolute Gasteiger partial charge is 0.481 e. The molecule has 0 bridgehead atoms. The number of amides is 1. The number of rotatable bonds is 4. The summed E-state index contributed by atoms with van der Waals surface area (Å²) >= 11 is 1.59. The van der Waals surface area contributed by atoms with Crippen LogP contribution in [0.15, 0.2) is 29.6 Å². The zero-order valence-corrected chi connectivity index (χ0v) is 12.2. The molecule has 2 atom stereocenters. The van der Waals surface area contributed by atoms with Gasteiger partial charge in [-0.3, -0.25) is 9.59 Å². The summed E-state index contributed by atoms with van der Waals surface area (Å²) in [5, 5.41) is 14.6. The van der Waals surface area contributed by atoms with Crippen LogP contribution < -0.4 is 5.32 Å². The Labute approximate surface area is 125 Å². The number of anilines is 1. The molecule has 21 heavy (non-hydrogen) atoms. The maximum absolute atomic E-state index is 11.9. The van der Waals surface area contributed by atoms with Gasteiger partial charge in [0.05, 0.1) is 22.5 Å². The molecule has 1 amide bonds. The monoisotopic (exact) mass is 302 g/mol. The number of aliphatic carboxylic acids is 1. The number of carboxylic acids is 1. The standard InChI is InChI=1S/C15H14N2O3S/c1-8-16-13(7-21-8)9-2-4-10(5-3-9)17-14(18)11-6-12(11)15(19)20/h2-5,7,11-12H,6H2,1H3,(H,17,18)(H,19,20). The molecular weight excluding hydrogens is 288 g/mol. The number of aromatic nitrogens is 1. The molecule has 0 radical (unpaired) electrons. The first kappa shape index (κ1) is 13.8. The topological polar surface area (TPSA) is 79.3 Å². The Balaban J connectivity index is 1.65. The fourth-order valence-corrected chi connectivity index (χ4v) is 2.84. The van der Waals surface area contributed by atoms with Gasteiger partial charge in [0.25, 0.3) is 0 Å². The van der Waals surface area contributed by atoms with E-state index in [9.17, 15) is 9.59 Å². The van der Waals surface area contributed by atoms with E-state index in [2.05, 4.69) is 10.3 Å². The highest BCUT2D eigenvalue weighted by molar-refractivity contribution is 7.09. The van der Waals surface area contributed by atoms with Crippen molar-refractivity contribution in [3.05, 3.63) is 34.7 Å². The molecule has 0 aliphatic heterocycles. The average Bonchev–Trinajstić information content (AvgIpc) is 3.16. The fourth-order valence-electron chi connectivity index (χ4n) is 2.21. The number of benzene rings is 1. The Morgan fingerprint density at radius 3 is 2.52 bits per heavy atom. The predicted molar refractivity (Wildman–Crippen MR) is 80.1 cm³/mol. The molecule has 2 N–H and O–H groups in total. The molecule has 1 heterocycles. The zero-order chi connectivity index (χ0) is 15.0. The molecule has 3 rings (SSSR count). The second kappa shape index (κ2) is 5.29. The van der Waals surface area contributed by atoms with Crippen LogP contribution in [-0.4, -0.2) is 22.0 Å². The van der Waals surface area contributed by atoms with Gasteiger partial charge in [0.1, 0.15) is 0 Å². The normalized spacial score (nSPS) is 20.0. The van der Waals surface area contributed by atoms with Crippen molar-refractivity contribution < 1.29 is 14.7 Å². The zero-order valence-electron chi connectivity index (χ0n) is 11.4. The van der Waals surface area contributed by atoms with E-state index in [1.165, 1.54) is 0 Å². The maximum Gasteiger partial charge on any atom is 0.307 e. The molecule has 0 saturated heterocycles. The van der Waals surface area contributed by atoms with Crippen LogP contribution in [0.2, 0.25) is 0 Å². The van der Waals surface area contributed by atoms with Crippen molar-refractivity contribution in [2.45, 2.75) is 13.3 Å². The molecule has 1 aromatic carbocycles. The van der Waals surface area contributed by atoms with Crippen molar-refractivity contribution in [3.8, 4) is 11.3 Å². The average molecular weight is 302 g/mol. The van der Waals surface area contributed by atoms with Gasteiger partial charge < -0.3 is 10.4 Å². The third-order valence-electron chi connectivity index (χ3n) is 3.51. The highest BCUT2D eigenvalue weighted by Crippen LogP contribution is 2.39. The Morgan fingerprint density at radius 1 is 1.29 bits per heavy atom. The van der Waals surface area contributed by atoms with Crippen LogP contribution in [0.1, 0.15) is 11.4 Å². The number of nitrogens with one attached hydrogen (secondary N) is 1. The number of hydrogen-bond acceptors (Lipinski definition) is 4. The number of nitrogens with zero attached hydrogens (tertiary/aromatic N) is 1. The molecule has 1 saturated carbocycles. The van der Waals surface area contributed by atoms with Crippen molar-refractivity contribution >= 4 is 28.9 Å². The van der Waals surface area contributed by atoms with Gasteiger partial charge in [-0.05, 0) is 25.5 Å². The van der Waals surface area contributed by atoms with Gasteiger partial charge in [0.15, 0.2) is 0 Å². The van der Waals surface area contributed by atoms with E-state index in [1.54, 1.807) is 23.5 Å². The van der Waals surface area contributed by atoms with Gasteiger partial charge in [-0.25, -0.2) is 4.98 Å². The Kier molecular flexibility index (Phi) is 3.47. The minimum Gasteiger partial charge on any atom is -0.481 e. The molecule has 2 unspecified atom stereocenters. The fraction of sp³-hybridized carbons (Fsp3) is 0.267. The van der Waals surface area contributed by atoms with Crippen molar-refractivity contribution in [1.29, 1.82) is 0 Å². The van der Waals surface area contributed by atoms with E-state index in [1.807, 2.05) is 24.4 Å². The number of thiazole rings is 1. The van der Waals surface area contributed by atoms with E-state index in [4.69, 9.17) is 5.11 Å². The second-order valence-corrected chi connectivity index (χ2v) is 6.17. The SMILES string of the molecule is Cc1nc(-c2ccc(NC(=O)C3CC3C(=O)O)cc2)cs1. The molecule has 0 spiro atoms. The summed E-state index contributed by atoms with van der Waals surface area (Å²) in [7, 11) is 0. The number of carboxylic acid groups (broad SMARTS) is 1. The van der Waals surface area contributed by atoms with Gasteiger partial charge >= 0.3 is 5.97 Å². The Hall–Kier alpha value is -2.21. The van der Waals surface area contributed by atoms with Gasteiger partial charge in [0, 0.05) is 16.6 Å². The highest BCUT2D eigenvalue weighted by atomic mass is 32.1. The van der Waals surface area contributed by atoms with E-state index in [0.717, 1.165) is 16.3 Å². The van der Waals surface area contributed by atoms with Crippen molar-refractivity contribution in [2.24, 2.45) is 11.8 Å². The summed E-state index contributed by atoms with van der Waals surface area (Å²) in [6, 6.07) is 7.40. The smallest absolute Gasteiger partial charge is 0.307 e. The molecule has 5 nitrogen and oxygen atoms in total. The lowest BCUT2D eigenvalue weighted by atomic mass is 10.1. The molecule has 1 fully saturated rings. The minimum atomic E-state index is -0.899. The van der Waals surface area contributed by atoms with Crippen molar-refractivity contribution in [2.75, 3.05) is 5.32 Å². The lowest BCUT2D eigenvalue weighted by Crippen LogP contribution is -2.16. The van der Waals surface area contributed by atoms with Gasteiger partial charge in [-0.15, -0.1) is 11.3 Å². The summed E-state index contributed by atoms with van der Waals surface area (Å²) in [5.74, 6) is -2.05. The summed E-state index contributed by atoms with van der Waals surface area (Å²) < 4.78 is 0. The summed E-state index contributed by atoms with van der Waals surface area (Å²) in [6.45, 7) is 1.96. The second-order valence-electron chi connectivity index (χ2n) is 5.11. The lowest BCUT2D eigenvalue weighted by molar-refractivity contribution is -0.139. The third-order valence-corrected chi connectivity index (χ3v) is 4.29. The van der Waals surface area contributed by atoms with E-state index in [-0.39, 0.29) is 5.91 Å². The minimum absolute atomic E-state index is 0.223. The van der Waals surface area contributed by atoms with E-state index in [0.29, 0.717) is 12.1 Å². The van der Waals surface area contributed by atoms with Gasteiger partial charge in [-0.1, -0.05) is 12.1 Å². The van der Waals surface area contributed by atoms with Gasteiger partial charge in [-0.2, -0.15) is 0 Å². The van der Waals surface area contributed by atoms with Crippen LogP contribution in [-0.2, 0) is 9.59 Å². The van der Waals surface area contributed by atoms with E-state index < -0.39 is 17.8 Å². The number of hydrogen-bond donors (Lipinski definition) is 2. The van der Waals surface area contributed by atoms with Crippen molar-refractivity contribution in [3.63, 3.8) is 0 Å². The first-order valence-corrected chi connectivity index (χ1v) is 7.49. The lowest BCUT2D eigenvalue weighted by Gasteiger charge is -2.05. The van der Waals surface area contributed by atoms with Crippen LogP contribution in [0.3, 0.4) is 0 Å². The number of carbonyl (C=O) groups excluding carboxylic acids is 1. The molecule has 108 valence electrons. The predicted octanol–water partition coefficient (Wildman–Crippen LogP) is 2.78. The number of carbonyl (C=O) groups is 2. The van der Waals surface area contributed by atoms with Crippen LogP contribution in [0.4, 0.5) is 5.69 Å². The summed E-state index contributed by atoms with van der Waals surface area (Å²) in [5.41, 5.74) is 2.59. The highest BCUT2D eigenvalue weighted by Gasteiger charge is 2.48.